The Morgan fingerprint density at radius 1 is 1.24 bits per heavy atom. The van der Waals surface area contributed by atoms with Crippen molar-refractivity contribution in [2.24, 2.45) is 0 Å². The summed E-state index contributed by atoms with van der Waals surface area (Å²) in [6.07, 6.45) is 4.44. The Kier molecular flexibility index (Phi) is 5.79. The Morgan fingerprint density at radius 2 is 1.95 bits per heavy atom. The van der Waals surface area contributed by atoms with Crippen LogP contribution < -0.4 is 10.2 Å². The summed E-state index contributed by atoms with van der Waals surface area (Å²) >= 11 is 0. The van der Waals surface area contributed by atoms with Crippen molar-refractivity contribution in [2.75, 3.05) is 43.9 Å². The quantitative estimate of drug-likeness (QED) is 0.872. The van der Waals surface area contributed by atoms with Crippen molar-refractivity contribution >= 4 is 11.6 Å². The van der Waals surface area contributed by atoms with E-state index in [1.165, 1.54) is 12.8 Å². The van der Waals surface area contributed by atoms with Gasteiger partial charge in [0.1, 0.15) is 17.5 Å². The van der Waals surface area contributed by atoms with Crippen LogP contribution in [0.2, 0.25) is 0 Å². The molecule has 0 aromatic carbocycles. The van der Waals surface area contributed by atoms with Crippen molar-refractivity contribution in [3.63, 3.8) is 0 Å². The van der Waals surface area contributed by atoms with E-state index in [-0.39, 0.29) is 0 Å². The van der Waals surface area contributed by atoms with Crippen molar-refractivity contribution in [3.8, 4) is 0 Å². The highest BCUT2D eigenvalue weighted by molar-refractivity contribution is 5.49. The fourth-order valence-corrected chi connectivity index (χ4v) is 2.86. The zero-order valence-electron chi connectivity index (χ0n) is 13.9. The van der Waals surface area contributed by atoms with Crippen LogP contribution in [0.15, 0.2) is 6.07 Å². The van der Waals surface area contributed by atoms with Crippen LogP contribution in [0.3, 0.4) is 0 Å². The summed E-state index contributed by atoms with van der Waals surface area (Å²) in [4.78, 5) is 14.1. The van der Waals surface area contributed by atoms with Crippen LogP contribution in [0.1, 0.15) is 38.9 Å². The lowest BCUT2D eigenvalue weighted by Gasteiger charge is -2.36. The number of nitrogens with one attached hydrogen (secondary N) is 1. The summed E-state index contributed by atoms with van der Waals surface area (Å²) in [5.74, 6) is 3.00. The van der Waals surface area contributed by atoms with Crippen molar-refractivity contribution < 1.29 is 0 Å². The molecule has 0 aliphatic carbocycles. The van der Waals surface area contributed by atoms with Crippen LogP contribution in [0, 0.1) is 0 Å². The minimum Gasteiger partial charge on any atom is -0.370 e. The summed E-state index contributed by atoms with van der Waals surface area (Å²) in [7, 11) is 4.35. The van der Waals surface area contributed by atoms with E-state index in [9.17, 15) is 0 Å². The Balaban J connectivity index is 2.11. The smallest absolute Gasteiger partial charge is 0.134 e. The fraction of sp³-hybridized carbons (Fsp3) is 0.750. The molecule has 1 N–H and O–H groups in total. The number of nitrogens with zero attached hydrogens (tertiary/aromatic N) is 4. The number of rotatable bonds is 6. The molecule has 1 aromatic rings. The van der Waals surface area contributed by atoms with Gasteiger partial charge in [0.25, 0.3) is 0 Å². The van der Waals surface area contributed by atoms with Crippen molar-refractivity contribution in [1.82, 2.24) is 14.9 Å². The molecule has 21 heavy (non-hydrogen) atoms. The van der Waals surface area contributed by atoms with Crippen LogP contribution in [0.4, 0.5) is 11.6 Å². The second-order valence-electron chi connectivity index (χ2n) is 5.99. The summed E-state index contributed by atoms with van der Waals surface area (Å²) in [6, 6.07) is 2.80. The van der Waals surface area contributed by atoms with Crippen LogP contribution in [0.5, 0.6) is 0 Å². The van der Waals surface area contributed by atoms with E-state index in [1.807, 2.05) is 0 Å². The zero-order chi connectivity index (χ0) is 15.2. The Bertz CT molecular complexity index is 414. The topological polar surface area (TPSA) is 44.3 Å². The van der Waals surface area contributed by atoms with E-state index < -0.39 is 0 Å². The first-order valence-corrected chi connectivity index (χ1v) is 8.17. The second-order valence-corrected chi connectivity index (χ2v) is 5.99. The van der Waals surface area contributed by atoms with Crippen LogP contribution in [-0.2, 0) is 6.42 Å². The van der Waals surface area contributed by atoms with Gasteiger partial charge in [-0.05, 0) is 40.3 Å². The Hall–Kier alpha value is -1.36. The standard InChI is InChI=1S/C16H29N5/c1-5-7-14-18-15(17-6-2)12-16(19-14)21-10-8-13(9-11-21)20(3)4/h12-13H,5-11H2,1-4H3,(H,17,18,19). The van der Waals surface area contributed by atoms with Gasteiger partial charge in [-0.15, -0.1) is 0 Å². The molecule has 5 heteroatoms. The lowest BCUT2D eigenvalue weighted by Crippen LogP contribution is -2.42. The van der Waals surface area contributed by atoms with E-state index in [1.54, 1.807) is 0 Å². The van der Waals surface area contributed by atoms with Crippen molar-refractivity contribution in [1.29, 1.82) is 0 Å². The van der Waals surface area contributed by atoms with Crippen molar-refractivity contribution in [3.05, 3.63) is 11.9 Å². The summed E-state index contributed by atoms with van der Waals surface area (Å²) in [5, 5.41) is 3.33. The maximum absolute atomic E-state index is 4.76. The molecule has 2 heterocycles. The minimum absolute atomic E-state index is 0.700. The minimum atomic E-state index is 0.700. The zero-order valence-corrected chi connectivity index (χ0v) is 13.9. The Labute approximate surface area is 128 Å². The average molecular weight is 291 g/mol. The van der Waals surface area contributed by atoms with E-state index in [4.69, 9.17) is 4.98 Å². The number of aryl methyl sites for hydroxylation is 1. The first kappa shape index (κ1) is 16.0. The molecule has 2 rings (SSSR count). The van der Waals surface area contributed by atoms with E-state index in [2.05, 4.69) is 54.1 Å². The van der Waals surface area contributed by atoms with Gasteiger partial charge in [0.15, 0.2) is 0 Å². The molecule has 1 aliphatic heterocycles. The highest BCUT2D eigenvalue weighted by atomic mass is 15.2. The normalized spacial score (nSPS) is 16.5. The average Bonchev–Trinajstić information content (AvgIpc) is 2.48. The van der Waals surface area contributed by atoms with Gasteiger partial charge in [0.2, 0.25) is 0 Å². The maximum atomic E-state index is 4.76. The predicted molar refractivity (Wildman–Crippen MR) is 89.1 cm³/mol. The first-order chi connectivity index (χ1) is 10.1. The van der Waals surface area contributed by atoms with E-state index in [0.717, 1.165) is 49.9 Å². The molecule has 1 saturated heterocycles. The molecule has 0 bridgehead atoms. The third-order valence-corrected chi connectivity index (χ3v) is 4.11. The summed E-state index contributed by atoms with van der Waals surface area (Å²) in [6.45, 7) is 7.33. The molecular weight excluding hydrogens is 262 g/mol. The largest absolute Gasteiger partial charge is 0.370 e. The lowest BCUT2D eigenvalue weighted by atomic mass is 10.0. The van der Waals surface area contributed by atoms with Gasteiger partial charge in [0, 0.05) is 38.2 Å². The molecule has 1 aromatic heterocycles. The van der Waals surface area contributed by atoms with Crippen LogP contribution in [-0.4, -0.2) is 54.6 Å². The fourth-order valence-electron chi connectivity index (χ4n) is 2.86. The molecule has 118 valence electrons. The molecule has 0 atom stereocenters. The van der Waals surface area contributed by atoms with Gasteiger partial charge < -0.3 is 15.1 Å². The third kappa shape index (κ3) is 4.30. The number of piperidine rings is 1. The summed E-state index contributed by atoms with van der Waals surface area (Å²) in [5.41, 5.74) is 0. The highest BCUT2D eigenvalue weighted by Gasteiger charge is 2.22. The molecule has 0 spiro atoms. The number of hydrogen-bond acceptors (Lipinski definition) is 5. The second kappa shape index (κ2) is 7.59. The SMILES string of the molecule is CCCc1nc(NCC)cc(N2CCC(N(C)C)CC2)n1. The monoisotopic (exact) mass is 291 g/mol. The molecule has 0 radical (unpaired) electrons. The van der Waals surface area contributed by atoms with Gasteiger partial charge in [-0.25, -0.2) is 9.97 Å². The molecule has 0 unspecified atom stereocenters. The number of aromatic nitrogens is 2. The molecule has 0 saturated carbocycles. The molecular formula is C16H29N5. The van der Waals surface area contributed by atoms with Gasteiger partial charge in [-0.2, -0.15) is 0 Å². The lowest BCUT2D eigenvalue weighted by molar-refractivity contribution is 0.249. The van der Waals surface area contributed by atoms with Gasteiger partial charge in [0.05, 0.1) is 0 Å². The van der Waals surface area contributed by atoms with Gasteiger partial charge >= 0.3 is 0 Å². The molecule has 5 nitrogen and oxygen atoms in total. The third-order valence-electron chi connectivity index (χ3n) is 4.11. The molecule has 1 fully saturated rings. The molecule has 1 aliphatic rings. The first-order valence-electron chi connectivity index (χ1n) is 8.17. The van der Waals surface area contributed by atoms with Gasteiger partial charge in [-0.1, -0.05) is 6.92 Å². The van der Waals surface area contributed by atoms with Crippen LogP contribution >= 0.6 is 0 Å². The van der Waals surface area contributed by atoms with Gasteiger partial charge in [-0.3, -0.25) is 0 Å². The Morgan fingerprint density at radius 3 is 2.52 bits per heavy atom. The predicted octanol–water partition coefficient (Wildman–Crippen LogP) is 2.39. The van der Waals surface area contributed by atoms with E-state index in [0.29, 0.717) is 6.04 Å². The number of anilines is 2. The van der Waals surface area contributed by atoms with Crippen molar-refractivity contribution in [2.45, 2.75) is 45.6 Å². The maximum Gasteiger partial charge on any atom is 0.134 e. The van der Waals surface area contributed by atoms with Crippen LogP contribution in [0.25, 0.3) is 0 Å². The number of hydrogen-bond donors (Lipinski definition) is 1. The van der Waals surface area contributed by atoms with E-state index >= 15 is 0 Å². The molecule has 0 amide bonds. The summed E-state index contributed by atoms with van der Waals surface area (Å²) < 4.78 is 0. The highest BCUT2D eigenvalue weighted by Crippen LogP contribution is 2.22.